The van der Waals surface area contributed by atoms with Gasteiger partial charge in [-0.25, -0.2) is 4.79 Å². The minimum Gasteiger partial charge on any atom is -0.468 e. The molecule has 0 saturated carbocycles. The highest BCUT2D eigenvalue weighted by Gasteiger charge is 2.17. The molecule has 0 unspecified atom stereocenters. The molecule has 0 aliphatic rings. The van der Waals surface area contributed by atoms with Crippen LogP contribution >= 0.6 is 0 Å². The third-order valence-corrected chi connectivity index (χ3v) is 2.41. The Hall–Kier alpha value is -2.14. The Morgan fingerprint density at radius 2 is 2.05 bits per heavy atom. The number of rotatable bonds is 7. The first kappa shape index (κ1) is 14.9. The zero-order valence-corrected chi connectivity index (χ0v) is 10.8. The third-order valence-electron chi connectivity index (χ3n) is 2.41. The maximum absolute atomic E-state index is 11.7. The van der Waals surface area contributed by atoms with Gasteiger partial charge in [-0.1, -0.05) is 36.4 Å². The van der Waals surface area contributed by atoms with Crippen LogP contribution in [0.4, 0.5) is 0 Å². The Morgan fingerprint density at radius 3 is 2.63 bits per heavy atom. The first-order valence-electron chi connectivity index (χ1n) is 5.80. The number of methoxy groups -OCH3 is 1. The normalized spacial score (nSPS) is 11.4. The lowest BCUT2D eigenvalue weighted by Gasteiger charge is -2.13. The number of hydrogen-bond donors (Lipinski definition) is 1. The largest absolute Gasteiger partial charge is 0.468 e. The number of ether oxygens (including phenoxy) is 2. The van der Waals surface area contributed by atoms with E-state index in [1.165, 1.54) is 13.2 Å². The van der Waals surface area contributed by atoms with Crippen molar-refractivity contribution in [1.29, 1.82) is 0 Å². The summed E-state index contributed by atoms with van der Waals surface area (Å²) in [5.41, 5.74) is 0.895. The Bertz CT molecular complexity index is 430. The van der Waals surface area contributed by atoms with E-state index in [9.17, 15) is 9.59 Å². The Kier molecular flexibility index (Phi) is 6.32. The van der Waals surface area contributed by atoms with E-state index in [2.05, 4.69) is 16.6 Å². The molecule has 0 amide bonds. The molecule has 0 aliphatic heterocycles. The van der Waals surface area contributed by atoms with Crippen LogP contribution in [0.5, 0.6) is 0 Å². The van der Waals surface area contributed by atoms with Gasteiger partial charge in [0, 0.05) is 0 Å². The van der Waals surface area contributed by atoms with Crippen molar-refractivity contribution in [2.24, 2.45) is 0 Å². The molecule has 0 aliphatic carbocycles. The standard InChI is InChI=1S/C14H17NO4/c1-3-12(15-9-13(16)18-2)14(17)19-10-11-7-5-4-6-8-11/h3-8,12,15H,1,9-10H2,2H3/t12-/m0/s1. The van der Waals surface area contributed by atoms with Crippen molar-refractivity contribution in [1.82, 2.24) is 5.32 Å². The molecule has 1 aromatic carbocycles. The van der Waals surface area contributed by atoms with Gasteiger partial charge in [0.25, 0.3) is 0 Å². The summed E-state index contributed by atoms with van der Waals surface area (Å²) in [4.78, 5) is 22.7. The average molecular weight is 263 g/mol. The molecular weight excluding hydrogens is 246 g/mol. The van der Waals surface area contributed by atoms with E-state index < -0.39 is 18.0 Å². The van der Waals surface area contributed by atoms with E-state index in [0.717, 1.165) is 5.56 Å². The van der Waals surface area contributed by atoms with Crippen molar-refractivity contribution in [2.45, 2.75) is 12.6 Å². The highest BCUT2D eigenvalue weighted by atomic mass is 16.5. The summed E-state index contributed by atoms with van der Waals surface area (Å²) in [6.45, 7) is 3.63. The number of carbonyl (C=O) groups excluding carboxylic acids is 2. The second kappa shape index (κ2) is 8.05. The van der Waals surface area contributed by atoms with Crippen LogP contribution in [0.15, 0.2) is 43.0 Å². The molecule has 0 saturated heterocycles. The van der Waals surface area contributed by atoms with E-state index in [0.29, 0.717) is 0 Å². The Morgan fingerprint density at radius 1 is 1.37 bits per heavy atom. The maximum Gasteiger partial charge on any atom is 0.327 e. The third kappa shape index (κ3) is 5.35. The van der Waals surface area contributed by atoms with Gasteiger partial charge in [0.2, 0.25) is 0 Å². The fourth-order valence-electron chi connectivity index (χ4n) is 1.35. The van der Waals surface area contributed by atoms with Crippen LogP contribution in [0.25, 0.3) is 0 Å². The van der Waals surface area contributed by atoms with Crippen LogP contribution in [0.3, 0.4) is 0 Å². The lowest BCUT2D eigenvalue weighted by atomic mass is 10.2. The lowest BCUT2D eigenvalue weighted by Crippen LogP contribution is -2.39. The fourth-order valence-corrected chi connectivity index (χ4v) is 1.35. The lowest BCUT2D eigenvalue weighted by molar-refractivity contribution is -0.146. The number of esters is 2. The maximum atomic E-state index is 11.7. The zero-order valence-electron chi connectivity index (χ0n) is 10.8. The molecule has 0 bridgehead atoms. The molecular formula is C14H17NO4. The SMILES string of the molecule is C=C[C@H](NCC(=O)OC)C(=O)OCc1ccccc1. The van der Waals surface area contributed by atoms with Crippen molar-refractivity contribution in [3.8, 4) is 0 Å². The van der Waals surface area contributed by atoms with E-state index in [-0.39, 0.29) is 13.2 Å². The average Bonchev–Trinajstić information content (AvgIpc) is 2.46. The zero-order chi connectivity index (χ0) is 14.1. The van der Waals surface area contributed by atoms with Gasteiger partial charge in [0.05, 0.1) is 13.7 Å². The van der Waals surface area contributed by atoms with E-state index in [4.69, 9.17) is 4.74 Å². The van der Waals surface area contributed by atoms with Crippen molar-refractivity contribution in [3.05, 3.63) is 48.6 Å². The molecule has 0 spiro atoms. The second-order valence-electron chi connectivity index (χ2n) is 3.76. The van der Waals surface area contributed by atoms with Crippen LogP contribution in [-0.4, -0.2) is 31.6 Å². The molecule has 102 valence electrons. The predicted octanol–water partition coefficient (Wildman–Crippen LogP) is 1.05. The molecule has 1 aromatic rings. The molecule has 1 atom stereocenters. The summed E-state index contributed by atoms with van der Waals surface area (Å²) in [6, 6.07) is 8.60. The quantitative estimate of drug-likeness (QED) is 0.588. The summed E-state index contributed by atoms with van der Waals surface area (Å²) >= 11 is 0. The number of benzene rings is 1. The van der Waals surface area contributed by atoms with E-state index in [1.807, 2.05) is 30.3 Å². The van der Waals surface area contributed by atoms with E-state index in [1.54, 1.807) is 0 Å². The van der Waals surface area contributed by atoms with Gasteiger partial charge < -0.3 is 9.47 Å². The van der Waals surface area contributed by atoms with Crippen molar-refractivity contribution >= 4 is 11.9 Å². The second-order valence-corrected chi connectivity index (χ2v) is 3.76. The van der Waals surface area contributed by atoms with Crippen LogP contribution in [0.2, 0.25) is 0 Å². The number of nitrogens with one attached hydrogen (secondary N) is 1. The molecule has 1 N–H and O–H groups in total. The highest BCUT2D eigenvalue weighted by molar-refractivity contribution is 5.79. The van der Waals surface area contributed by atoms with Crippen molar-refractivity contribution in [2.75, 3.05) is 13.7 Å². The number of hydrogen-bond acceptors (Lipinski definition) is 5. The topological polar surface area (TPSA) is 64.6 Å². The van der Waals surface area contributed by atoms with Crippen LogP contribution in [-0.2, 0) is 25.7 Å². The molecule has 0 fully saturated rings. The monoisotopic (exact) mass is 263 g/mol. The van der Waals surface area contributed by atoms with Crippen molar-refractivity contribution in [3.63, 3.8) is 0 Å². The van der Waals surface area contributed by atoms with Crippen LogP contribution in [0.1, 0.15) is 5.56 Å². The first-order valence-corrected chi connectivity index (χ1v) is 5.80. The van der Waals surface area contributed by atoms with Gasteiger partial charge in [0.1, 0.15) is 12.6 Å². The minimum atomic E-state index is -0.734. The van der Waals surface area contributed by atoms with Gasteiger partial charge >= 0.3 is 11.9 Å². The summed E-state index contributed by atoms with van der Waals surface area (Å²) in [7, 11) is 1.28. The van der Waals surface area contributed by atoms with Crippen LogP contribution < -0.4 is 5.32 Å². The smallest absolute Gasteiger partial charge is 0.327 e. The van der Waals surface area contributed by atoms with Gasteiger partial charge in [-0.05, 0) is 5.56 Å². The molecule has 19 heavy (non-hydrogen) atoms. The van der Waals surface area contributed by atoms with E-state index >= 15 is 0 Å². The predicted molar refractivity (Wildman–Crippen MR) is 70.2 cm³/mol. The molecule has 1 rings (SSSR count). The fraction of sp³-hybridized carbons (Fsp3) is 0.286. The number of carbonyl (C=O) groups is 2. The summed E-state index contributed by atoms with van der Waals surface area (Å²) in [5.74, 6) is -0.939. The summed E-state index contributed by atoms with van der Waals surface area (Å²) in [5, 5.41) is 2.69. The summed E-state index contributed by atoms with van der Waals surface area (Å²) in [6.07, 6.45) is 1.39. The van der Waals surface area contributed by atoms with Gasteiger partial charge in [0.15, 0.2) is 0 Å². The van der Waals surface area contributed by atoms with Crippen LogP contribution in [0, 0.1) is 0 Å². The molecule has 0 aromatic heterocycles. The van der Waals surface area contributed by atoms with Crippen molar-refractivity contribution < 1.29 is 19.1 Å². The Balaban J connectivity index is 2.41. The van der Waals surface area contributed by atoms with Gasteiger partial charge in [-0.3, -0.25) is 10.1 Å². The molecule has 0 heterocycles. The summed E-state index contributed by atoms with van der Waals surface area (Å²) < 4.78 is 9.59. The first-order chi connectivity index (χ1) is 9.17. The molecule has 0 radical (unpaired) electrons. The minimum absolute atomic E-state index is 0.0758. The molecule has 5 heteroatoms. The molecule has 5 nitrogen and oxygen atoms in total. The Labute approximate surface area is 112 Å². The van der Waals surface area contributed by atoms with Gasteiger partial charge in [-0.2, -0.15) is 0 Å². The van der Waals surface area contributed by atoms with Gasteiger partial charge in [-0.15, -0.1) is 6.58 Å². The highest BCUT2D eigenvalue weighted by Crippen LogP contribution is 2.02.